The lowest BCUT2D eigenvalue weighted by atomic mass is 10.0. The number of carbonyl (C=O) groups excluding carboxylic acids is 2. The molecule has 3 rings (SSSR count). The number of aryl methyl sites for hydroxylation is 1. The fourth-order valence-electron chi connectivity index (χ4n) is 3.01. The highest BCUT2D eigenvalue weighted by atomic mass is 32.1. The van der Waals surface area contributed by atoms with Gasteiger partial charge in [-0.05, 0) is 24.6 Å². The van der Waals surface area contributed by atoms with E-state index in [2.05, 4.69) is 20.3 Å². The maximum atomic E-state index is 12.4. The zero-order chi connectivity index (χ0) is 21.3. The highest BCUT2D eigenvalue weighted by molar-refractivity contribution is 7.14. The summed E-state index contributed by atoms with van der Waals surface area (Å²) in [5.41, 5.74) is 5.99. The van der Waals surface area contributed by atoms with Crippen LogP contribution in [0.25, 0.3) is 11.0 Å². The van der Waals surface area contributed by atoms with Crippen molar-refractivity contribution in [1.29, 1.82) is 0 Å². The smallest absolute Gasteiger partial charge is 0.326 e. The van der Waals surface area contributed by atoms with Gasteiger partial charge >= 0.3 is 5.97 Å². The van der Waals surface area contributed by atoms with Gasteiger partial charge in [-0.15, -0.1) is 11.3 Å². The number of aliphatic carboxylic acids is 1. The van der Waals surface area contributed by atoms with E-state index >= 15 is 0 Å². The number of carbonyl (C=O) groups is 3. The Hall–Kier alpha value is -3.47. The molecule has 0 saturated carbocycles. The van der Waals surface area contributed by atoms with Gasteiger partial charge in [0.2, 0.25) is 5.91 Å². The van der Waals surface area contributed by atoms with Crippen LogP contribution in [-0.2, 0) is 9.59 Å². The van der Waals surface area contributed by atoms with Crippen molar-refractivity contribution in [3.05, 3.63) is 49.8 Å². The van der Waals surface area contributed by atoms with Crippen LogP contribution in [0.4, 0.5) is 0 Å². The number of carboxylic acids is 1. The van der Waals surface area contributed by atoms with E-state index in [4.69, 9.17) is 10.8 Å². The van der Waals surface area contributed by atoms with E-state index < -0.39 is 30.2 Å². The number of H-pyrrole nitrogens is 2. The Morgan fingerprint density at radius 1 is 1.34 bits per heavy atom. The number of fused-ring (bicyclic) bond motifs is 1. The molecule has 0 bridgehead atoms. The molecule has 152 valence electrons. The van der Waals surface area contributed by atoms with Crippen molar-refractivity contribution in [3.63, 3.8) is 0 Å². The highest BCUT2D eigenvalue weighted by Crippen LogP contribution is 2.32. The van der Waals surface area contributed by atoms with Crippen LogP contribution < -0.4 is 16.6 Å². The summed E-state index contributed by atoms with van der Waals surface area (Å²) in [5, 5.41) is 11.9. The second kappa shape index (κ2) is 7.87. The molecule has 3 aromatic heterocycles. The van der Waals surface area contributed by atoms with Crippen LogP contribution >= 0.6 is 11.3 Å². The number of primary amides is 1. The van der Waals surface area contributed by atoms with Gasteiger partial charge in [0.15, 0.2) is 0 Å². The molecule has 29 heavy (non-hydrogen) atoms. The third-order valence-corrected chi connectivity index (χ3v) is 5.71. The van der Waals surface area contributed by atoms with E-state index in [9.17, 15) is 19.2 Å². The molecule has 0 aromatic carbocycles. The number of hydrogen-bond donors (Lipinski definition) is 5. The first-order valence-corrected chi connectivity index (χ1v) is 9.48. The Balaban J connectivity index is 1.84. The van der Waals surface area contributed by atoms with Crippen LogP contribution in [0.2, 0.25) is 0 Å². The van der Waals surface area contributed by atoms with Gasteiger partial charge in [-0.25, -0.2) is 9.78 Å². The van der Waals surface area contributed by atoms with Gasteiger partial charge in [-0.1, -0.05) is 6.92 Å². The Labute approximate surface area is 168 Å². The number of hydrogen-bond acceptors (Lipinski definition) is 6. The molecule has 0 fully saturated rings. The molecule has 0 aliphatic heterocycles. The largest absolute Gasteiger partial charge is 0.480 e. The summed E-state index contributed by atoms with van der Waals surface area (Å²) >= 11 is 1.17. The molecule has 0 radical (unpaired) electrons. The number of nitrogens with two attached hydrogens (primary N) is 1. The summed E-state index contributed by atoms with van der Waals surface area (Å²) in [6.45, 7) is 3.58. The van der Waals surface area contributed by atoms with Crippen molar-refractivity contribution in [1.82, 2.24) is 20.3 Å². The van der Waals surface area contributed by atoms with Crippen LogP contribution in [0, 0.1) is 6.92 Å². The summed E-state index contributed by atoms with van der Waals surface area (Å²) in [7, 11) is 0. The van der Waals surface area contributed by atoms with E-state index in [1.165, 1.54) is 11.3 Å². The SMILES string of the molecule is Cc1nc2[nH]cc(C(C)c3ccc(C(=O)N[C@@H](CC(N)=O)C(=O)O)s3)c2c(=O)[nH]1. The number of nitrogens with one attached hydrogen (secondary N) is 3. The summed E-state index contributed by atoms with van der Waals surface area (Å²) in [6.07, 6.45) is 1.21. The van der Waals surface area contributed by atoms with Gasteiger partial charge in [0.1, 0.15) is 17.5 Å². The number of rotatable bonds is 7. The predicted molar refractivity (Wildman–Crippen MR) is 106 cm³/mol. The standard InChI is InChI=1S/C18H19N5O5S/c1-7(9-6-20-15-14(9)17(26)22-8(2)21-15)11-3-4-12(29-11)16(25)23-10(18(27)28)5-13(19)24/h3-4,6-7,10H,5H2,1-2H3,(H2,19,24)(H,23,25)(H,27,28)(H2,20,21,22,26)/t7?,10-/m0/s1. The highest BCUT2D eigenvalue weighted by Gasteiger charge is 2.24. The van der Waals surface area contributed by atoms with Crippen LogP contribution in [0.3, 0.4) is 0 Å². The zero-order valence-electron chi connectivity index (χ0n) is 15.6. The second-order valence-electron chi connectivity index (χ2n) is 6.58. The van der Waals surface area contributed by atoms with Gasteiger partial charge in [-0.3, -0.25) is 14.4 Å². The number of thiophene rings is 1. The van der Waals surface area contributed by atoms with Crippen molar-refractivity contribution in [2.75, 3.05) is 0 Å². The maximum absolute atomic E-state index is 12.4. The molecular weight excluding hydrogens is 398 g/mol. The normalized spacial score (nSPS) is 13.2. The average Bonchev–Trinajstić information content (AvgIpc) is 3.27. The molecule has 6 N–H and O–H groups in total. The summed E-state index contributed by atoms with van der Waals surface area (Å²) in [5.74, 6) is -2.49. The Kier molecular flexibility index (Phi) is 5.50. The fraction of sp³-hybridized carbons (Fsp3) is 0.278. The van der Waals surface area contributed by atoms with E-state index in [1.807, 2.05) is 6.92 Å². The molecule has 1 unspecified atom stereocenters. The number of carboxylic acid groups (broad SMARTS) is 1. The molecule has 0 saturated heterocycles. The average molecular weight is 417 g/mol. The van der Waals surface area contributed by atoms with E-state index in [0.717, 1.165) is 10.4 Å². The molecule has 11 heteroatoms. The monoisotopic (exact) mass is 417 g/mol. The molecule has 2 amide bonds. The molecule has 0 aliphatic rings. The minimum Gasteiger partial charge on any atom is -0.480 e. The molecular formula is C18H19N5O5S. The molecule has 2 atom stereocenters. The first kappa shape index (κ1) is 20.3. The first-order chi connectivity index (χ1) is 13.7. The third kappa shape index (κ3) is 4.19. The van der Waals surface area contributed by atoms with Gasteiger partial charge < -0.3 is 26.1 Å². The number of aromatic amines is 2. The summed E-state index contributed by atoms with van der Waals surface area (Å²) < 4.78 is 0. The lowest BCUT2D eigenvalue weighted by molar-refractivity contribution is -0.140. The Morgan fingerprint density at radius 3 is 2.72 bits per heavy atom. The Morgan fingerprint density at radius 2 is 2.07 bits per heavy atom. The number of amides is 2. The lowest BCUT2D eigenvalue weighted by Gasteiger charge is -2.12. The lowest BCUT2D eigenvalue weighted by Crippen LogP contribution is -2.43. The summed E-state index contributed by atoms with van der Waals surface area (Å²) in [4.78, 5) is 57.9. The minimum atomic E-state index is -1.40. The van der Waals surface area contributed by atoms with Crippen molar-refractivity contribution < 1.29 is 19.5 Å². The van der Waals surface area contributed by atoms with E-state index in [0.29, 0.717) is 16.9 Å². The first-order valence-electron chi connectivity index (χ1n) is 8.67. The van der Waals surface area contributed by atoms with Crippen molar-refractivity contribution in [2.45, 2.75) is 32.2 Å². The molecule has 0 aliphatic carbocycles. The number of aromatic nitrogens is 3. The fourth-order valence-corrected chi connectivity index (χ4v) is 3.99. The topological polar surface area (TPSA) is 171 Å². The van der Waals surface area contributed by atoms with Gasteiger partial charge in [0.25, 0.3) is 11.5 Å². The van der Waals surface area contributed by atoms with Crippen LogP contribution in [0.15, 0.2) is 23.1 Å². The third-order valence-electron chi connectivity index (χ3n) is 4.44. The maximum Gasteiger partial charge on any atom is 0.326 e. The van der Waals surface area contributed by atoms with Crippen molar-refractivity contribution in [2.24, 2.45) is 5.73 Å². The van der Waals surface area contributed by atoms with Crippen LogP contribution in [0.1, 0.15) is 45.2 Å². The Bertz CT molecular complexity index is 1160. The summed E-state index contributed by atoms with van der Waals surface area (Å²) in [6, 6.07) is 1.91. The molecule has 10 nitrogen and oxygen atoms in total. The van der Waals surface area contributed by atoms with Crippen LogP contribution in [0.5, 0.6) is 0 Å². The zero-order valence-corrected chi connectivity index (χ0v) is 16.4. The molecule has 0 spiro atoms. The quantitative estimate of drug-likeness (QED) is 0.381. The number of nitrogens with zero attached hydrogens (tertiary/aromatic N) is 1. The van der Waals surface area contributed by atoms with E-state index in [-0.39, 0.29) is 16.4 Å². The van der Waals surface area contributed by atoms with Crippen molar-refractivity contribution in [3.8, 4) is 0 Å². The molecule has 3 aromatic rings. The van der Waals surface area contributed by atoms with Crippen molar-refractivity contribution >= 4 is 40.2 Å². The van der Waals surface area contributed by atoms with Gasteiger partial charge in [0.05, 0.1) is 16.7 Å². The van der Waals surface area contributed by atoms with Crippen LogP contribution in [-0.4, -0.2) is 43.9 Å². The predicted octanol–water partition coefficient (Wildman–Crippen LogP) is 0.831. The van der Waals surface area contributed by atoms with Gasteiger partial charge in [-0.2, -0.15) is 0 Å². The second-order valence-corrected chi connectivity index (χ2v) is 7.69. The molecule has 3 heterocycles. The van der Waals surface area contributed by atoms with Gasteiger partial charge in [0, 0.05) is 17.0 Å². The minimum absolute atomic E-state index is 0.207. The van der Waals surface area contributed by atoms with E-state index in [1.54, 1.807) is 25.3 Å².